The first kappa shape index (κ1) is 16.5. The van der Waals surface area contributed by atoms with Crippen LogP contribution in [0.5, 0.6) is 0 Å². The predicted octanol–water partition coefficient (Wildman–Crippen LogP) is 2.93. The molecule has 0 fully saturated rings. The third-order valence-electron chi connectivity index (χ3n) is 3.30. The molecule has 2 aromatic rings. The third kappa shape index (κ3) is 3.86. The van der Waals surface area contributed by atoms with Gasteiger partial charge in [-0.15, -0.1) is 0 Å². The second kappa shape index (κ2) is 6.93. The molecule has 0 amide bonds. The molecule has 1 aromatic heterocycles. The molecule has 0 saturated heterocycles. The quantitative estimate of drug-likeness (QED) is 0.887. The van der Waals surface area contributed by atoms with E-state index < -0.39 is 15.6 Å². The zero-order chi connectivity index (χ0) is 16.2. The maximum atomic E-state index is 12.4. The highest BCUT2D eigenvalue weighted by molar-refractivity contribution is 7.91. The number of benzene rings is 1. The molecule has 118 valence electrons. The van der Waals surface area contributed by atoms with Gasteiger partial charge in [0.1, 0.15) is 0 Å². The van der Waals surface area contributed by atoms with Crippen molar-refractivity contribution in [1.29, 1.82) is 0 Å². The molecular formula is C15H16F2N2O2S. The van der Waals surface area contributed by atoms with E-state index in [1.807, 2.05) is 19.1 Å². The van der Waals surface area contributed by atoms with Crippen LogP contribution in [0.15, 0.2) is 53.7 Å². The SMILES string of the molecule is C[C@H](NCc1ccc(S(=O)(=O)C(F)F)cc1)c1ccncc1. The first-order valence-electron chi connectivity index (χ1n) is 6.65. The summed E-state index contributed by atoms with van der Waals surface area (Å²) < 4.78 is 47.5. The van der Waals surface area contributed by atoms with Gasteiger partial charge < -0.3 is 5.32 Å². The number of sulfone groups is 1. The highest BCUT2D eigenvalue weighted by Crippen LogP contribution is 2.19. The molecule has 1 heterocycles. The fraction of sp³-hybridized carbons (Fsp3) is 0.267. The van der Waals surface area contributed by atoms with E-state index in [0.29, 0.717) is 6.54 Å². The van der Waals surface area contributed by atoms with Crippen LogP contribution in [0.25, 0.3) is 0 Å². The molecule has 1 atom stereocenters. The number of hydrogen-bond acceptors (Lipinski definition) is 4. The van der Waals surface area contributed by atoms with Crippen LogP contribution in [0.4, 0.5) is 8.78 Å². The van der Waals surface area contributed by atoms with E-state index in [-0.39, 0.29) is 10.9 Å². The van der Waals surface area contributed by atoms with E-state index in [9.17, 15) is 17.2 Å². The summed E-state index contributed by atoms with van der Waals surface area (Å²) >= 11 is 0. The molecule has 1 N–H and O–H groups in total. The molecule has 0 aliphatic carbocycles. The smallest absolute Gasteiger partial charge is 0.306 e. The molecule has 0 radical (unpaired) electrons. The maximum absolute atomic E-state index is 12.4. The van der Waals surface area contributed by atoms with Crippen LogP contribution in [0, 0.1) is 0 Å². The minimum absolute atomic E-state index is 0.0903. The first-order chi connectivity index (χ1) is 10.4. The van der Waals surface area contributed by atoms with Crippen molar-refractivity contribution in [2.75, 3.05) is 0 Å². The van der Waals surface area contributed by atoms with Gasteiger partial charge in [-0.05, 0) is 42.3 Å². The van der Waals surface area contributed by atoms with Crippen molar-refractivity contribution in [3.8, 4) is 0 Å². The van der Waals surface area contributed by atoms with Gasteiger partial charge in [-0.1, -0.05) is 12.1 Å². The Morgan fingerprint density at radius 2 is 1.68 bits per heavy atom. The number of aromatic nitrogens is 1. The summed E-state index contributed by atoms with van der Waals surface area (Å²) in [5.41, 5.74) is 1.89. The van der Waals surface area contributed by atoms with Crippen molar-refractivity contribution in [2.24, 2.45) is 0 Å². The van der Waals surface area contributed by atoms with Crippen LogP contribution in [0.1, 0.15) is 24.1 Å². The number of rotatable bonds is 6. The highest BCUT2D eigenvalue weighted by Gasteiger charge is 2.26. The number of nitrogens with one attached hydrogen (secondary N) is 1. The summed E-state index contributed by atoms with van der Waals surface area (Å²) in [5, 5.41) is 3.27. The molecule has 7 heteroatoms. The fourth-order valence-corrected chi connectivity index (χ4v) is 2.66. The van der Waals surface area contributed by atoms with Gasteiger partial charge >= 0.3 is 5.76 Å². The Morgan fingerprint density at radius 1 is 1.09 bits per heavy atom. The number of alkyl halides is 2. The lowest BCUT2D eigenvalue weighted by molar-refractivity contribution is 0.234. The number of nitrogens with zero attached hydrogens (tertiary/aromatic N) is 1. The number of halogens is 2. The van der Waals surface area contributed by atoms with Crippen LogP contribution in [0.2, 0.25) is 0 Å². The summed E-state index contributed by atoms with van der Waals surface area (Å²) in [7, 11) is -4.53. The van der Waals surface area contributed by atoms with Gasteiger partial charge in [-0.2, -0.15) is 8.78 Å². The lowest BCUT2D eigenvalue weighted by Crippen LogP contribution is -2.18. The molecule has 0 bridgehead atoms. The Balaban J connectivity index is 2.01. The Kier molecular flexibility index (Phi) is 5.20. The second-order valence-corrected chi connectivity index (χ2v) is 6.75. The average Bonchev–Trinajstić information content (AvgIpc) is 2.53. The molecule has 0 aliphatic heterocycles. The van der Waals surface area contributed by atoms with Crippen molar-refractivity contribution in [3.05, 3.63) is 59.9 Å². The molecule has 22 heavy (non-hydrogen) atoms. The summed E-state index contributed by atoms with van der Waals surface area (Å²) in [6.07, 6.45) is 3.41. The molecule has 4 nitrogen and oxygen atoms in total. The van der Waals surface area contributed by atoms with E-state index >= 15 is 0 Å². The normalized spacial score (nSPS) is 13.3. The minimum atomic E-state index is -4.53. The van der Waals surface area contributed by atoms with Crippen molar-refractivity contribution in [2.45, 2.75) is 30.2 Å². The lowest BCUT2D eigenvalue weighted by Gasteiger charge is -2.14. The van der Waals surface area contributed by atoms with Crippen LogP contribution in [-0.4, -0.2) is 19.2 Å². The van der Waals surface area contributed by atoms with Gasteiger partial charge in [0.15, 0.2) is 0 Å². The van der Waals surface area contributed by atoms with E-state index in [1.54, 1.807) is 12.4 Å². The molecule has 0 spiro atoms. The van der Waals surface area contributed by atoms with Crippen molar-refractivity contribution in [1.82, 2.24) is 10.3 Å². The van der Waals surface area contributed by atoms with Gasteiger partial charge in [0.2, 0.25) is 9.84 Å². The zero-order valence-electron chi connectivity index (χ0n) is 11.9. The largest absolute Gasteiger partial charge is 0.341 e. The number of hydrogen-bond donors (Lipinski definition) is 1. The summed E-state index contributed by atoms with van der Waals surface area (Å²) in [4.78, 5) is 3.58. The van der Waals surface area contributed by atoms with Crippen LogP contribution < -0.4 is 5.32 Å². The van der Waals surface area contributed by atoms with Gasteiger partial charge in [0, 0.05) is 25.0 Å². The standard InChI is InChI=1S/C15H16F2N2O2S/c1-11(13-6-8-18-9-7-13)19-10-12-2-4-14(5-3-12)22(20,21)15(16)17/h2-9,11,15,19H,10H2,1H3/t11-/m0/s1. The Labute approximate surface area is 128 Å². The average molecular weight is 326 g/mol. The van der Waals surface area contributed by atoms with Gasteiger partial charge in [0.25, 0.3) is 0 Å². The zero-order valence-corrected chi connectivity index (χ0v) is 12.7. The molecular weight excluding hydrogens is 310 g/mol. The van der Waals surface area contributed by atoms with E-state index in [2.05, 4.69) is 10.3 Å². The van der Waals surface area contributed by atoms with E-state index in [1.165, 1.54) is 24.3 Å². The molecule has 0 saturated carbocycles. The Bertz CT molecular complexity index is 704. The molecule has 2 rings (SSSR count). The lowest BCUT2D eigenvalue weighted by atomic mass is 10.1. The second-order valence-electron chi connectivity index (χ2n) is 4.83. The molecule has 0 unspecified atom stereocenters. The van der Waals surface area contributed by atoms with E-state index in [4.69, 9.17) is 0 Å². The predicted molar refractivity (Wildman–Crippen MR) is 79.1 cm³/mol. The summed E-state index contributed by atoms with van der Waals surface area (Å²) in [5.74, 6) is -3.40. The van der Waals surface area contributed by atoms with Crippen molar-refractivity contribution in [3.63, 3.8) is 0 Å². The maximum Gasteiger partial charge on any atom is 0.341 e. The van der Waals surface area contributed by atoms with Gasteiger partial charge in [0.05, 0.1) is 4.90 Å². The summed E-state index contributed by atoms with van der Waals surface area (Å²) in [6.45, 7) is 2.49. The fourth-order valence-electron chi connectivity index (χ4n) is 1.94. The van der Waals surface area contributed by atoms with Gasteiger partial charge in [-0.3, -0.25) is 4.98 Å². The van der Waals surface area contributed by atoms with Crippen molar-refractivity contribution >= 4 is 9.84 Å². The first-order valence-corrected chi connectivity index (χ1v) is 8.20. The monoisotopic (exact) mass is 326 g/mol. The minimum Gasteiger partial charge on any atom is -0.306 e. The van der Waals surface area contributed by atoms with Crippen molar-refractivity contribution < 1.29 is 17.2 Å². The highest BCUT2D eigenvalue weighted by atomic mass is 32.2. The topological polar surface area (TPSA) is 59.1 Å². The van der Waals surface area contributed by atoms with Crippen LogP contribution in [0.3, 0.4) is 0 Å². The number of pyridine rings is 1. The van der Waals surface area contributed by atoms with Gasteiger partial charge in [-0.25, -0.2) is 8.42 Å². The Hall–Kier alpha value is -1.86. The third-order valence-corrected chi connectivity index (χ3v) is 4.70. The Morgan fingerprint density at radius 3 is 2.23 bits per heavy atom. The summed E-state index contributed by atoms with van der Waals surface area (Å²) in [6, 6.07) is 9.35. The molecule has 1 aromatic carbocycles. The van der Waals surface area contributed by atoms with Crippen LogP contribution >= 0.6 is 0 Å². The van der Waals surface area contributed by atoms with E-state index in [0.717, 1.165) is 11.1 Å². The molecule has 0 aliphatic rings. The van der Waals surface area contributed by atoms with Crippen LogP contribution in [-0.2, 0) is 16.4 Å².